The van der Waals surface area contributed by atoms with E-state index in [1.807, 2.05) is 19.9 Å². The number of halogens is 1. The molecular formula is C10H14BrN3O. The van der Waals surface area contributed by atoms with Crippen LogP contribution in [0.1, 0.15) is 13.8 Å². The average molecular weight is 272 g/mol. The van der Waals surface area contributed by atoms with Crippen LogP contribution in [0.3, 0.4) is 0 Å². The maximum Gasteiger partial charge on any atom is 0.342 e. The van der Waals surface area contributed by atoms with E-state index in [9.17, 15) is 0 Å². The molecule has 15 heavy (non-hydrogen) atoms. The third-order valence-corrected chi connectivity index (χ3v) is 1.81. The molecule has 2 N–H and O–H groups in total. The summed E-state index contributed by atoms with van der Waals surface area (Å²) in [6.45, 7) is 10.7. The number of pyridine rings is 1. The number of aliphatic hydroxyl groups excluding tert-OH is 1. The summed E-state index contributed by atoms with van der Waals surface area (Å²) in [4.78, 5) is 6.94. The van der Waals surface area contributed by atoms with Crippen molar-refractivity contribution in [3.8, 4) is 0 Å². The fourth-order valence-electron chi connectivity index (χ4n) is 0.722. The van der Waals surface area contributed by atoms with Gasteiger partial charge in [-0.2, -0.15) is 0 Å². The molecule has 0 aliphatic heterocycles. The zero-order chi connectivity index (χ0) is 11.7. The molecule has 0 fully saturated rings. The van der Waals surface area contributed by atoms with Gasteiger partial charge in [0.1, 0.15) is 12.4 Å². The SMILES string of the molecule is CC.[C-]#[N+]C(O)CNc1ccc(Br)cn1. The fraction of sp³-hybridized carbons (Fsp3) is 0.400. The van der Waals surface area contributed by atoms with Gasteiger partial charge < -0.3 is 10.4 Å². The lowest BCUT2D eigenvalue weighted by Crippen LogP contribution is -2.15. The maximum absolute atomic E-state index is 8.92. The highest BCUT2D eigenvalue weighted by Crippen LogP contribution is 2.10. The number of hydrogen-bond acceptors (Lipinski definition) is 3. The third-order valence-electron chi connectivity index (χ3n) is 1.34. The van der Waals surface area contributed by atoms with Crippen LogP contribution in [0, 0.1) is 6.57 Å². The highest BCUT2D eigenvalue weighted by Gasteiger charge is 2.04. The van der Waals surface area contributed by atoms with Crippen LogP contribution in [0.15, 0.2) is 22.8 Å². The van der Waals surface area contributed by atoms with E-state index in [0.29, 0.717) is 5.82 Å². The molecule has 1 unspecified atom stereocenters. The lowest BCUT2D eigenvalue weighted by Gasteiger charge is -2.02. The molecule has 5 heteroatoms. The molecule has 1 rings (SSSR count). The van der Waals surface area contributed by atoms with Gasteiger partial charge in [0, 0.05) is 10.7 Å². The summed E-state index contributed by atoms with van der Waals surface area (Å²) in [5.41, 5.74) is 0. The van der Waals surface area contributed by atoms with Crippen LogP contribution in [0.2, 0.25) is 0 Å². The van der Waals surface area contributed by atoms with E-state index < -0.39 is 6.23 Å². The van der Waals surface area contributed by atoms with Crippen LogP contribution in [-0.4, -0.2) is 22.9 Å². The predicted octanol–water partition coefficient (Wildman–Crippen LogP) is 2.52. The molecule has 1 aromatic rings. The highest BCUT2D eigenvalue weighted by molar-refractivity contribution is 9.10. The maximum atomic E-state index is 8.92. The van der Waals surface area contributed by atoms with E-state index >= 15 is 0 Å². The first-order valence-electron chi connectivity index (χ1n) is 4.62. The summed E-state index contributed by atoms with van der Waals surface area (Å²) >= 11 is 3.25. The molecule has 0 aliphatic rings. The Kier molecular flexibility index (Phi) is 7.60. The van der Waals surface area contributed by atoms with Crippen LogP contribution >= 0.6 is 15.9 Å². The van der Waals surface area contributed by atoms with E-state index in [1.165, 1.54) is 0 Å². The number of nitrogens with zero attached hydrogens (tertiary/aromatic N) is 2. The normalized spacial score (nSPS) is 10.6. The van der Waals surface area contributed by atoms with Gasteiger partial charge in [-0.05, 0) is 28.1 Å². The number of rotatable bonds is 3. The number of nitrogens with one attached hydrogen (secondary N) is 1. The second-order valence-corrected chi connectivity index (χ2v) is 3.27. The fourth-order valence-corrected chi connectivity index (χ4v) is 0.956. The van der Waals surface area contributed by atoms with Crippen molar-refractivity contribution in [3.63, 3.8) is 0 Å². The molecular weight excluding hydrogens is 258 g/mol. The second-order valence-electron chi connectivity index (χ2n) is 2.35. The van der Waals surface area contributed by atoms with E-state index in [2.05, 4.69) is 31.1 Å². The first-order valence-corrected chi connectivity index (χ1v) is 5.41. The van der Waals surface area contributed by atoms with Crippen molar-refractivity contribution in [1.82, 2.24) is 4.98 Å². The van der Waals surface area contributed by atoms with Crippen LogP contribution in [0.4, 0.5) is 5.82 Å². The van der Waals surface area contributed by atoms with Gasteiger partial charge in [-0.15, -0.1) is 0 Å². The zero-order valence-corrected chi connectivity index (χ0v) is 10.3. The van der Waals surface area contributed by atoms with Gasteiger partial charge in [0.15, 0.2) is 0 Å². The molecule has 0 saturated carbocycles. The van der Waals surface area contributed by atoms with Gasteiger partial charge in [0.2, 0.25) is 0 Å². The Morgan fingerprint density at radius 3 is 2.73 bits per heavy atom. The van der Waals surface area contributed by atoms with Crippen molar-refractivity contribution < 1.29 is 5.11 Å². The Hall–Kier alpha value is -1.12. The molecule has 0 aliphatic carbocycles. The van der Waals surface area contributed by atoms with Crippen LogP contribution < -0.4 is 5.32 Å². The van der Waals surface area contributed by atoms with Crippen molar-refractivity contribution in [2.75, 3.05) is 11.9 Å². The molecule has 0 amide bonds. The Morgan fingerprint density at radius 2 is 2.27 bits per heavy atom. The smallest absolute Gasteiger partial charge is 0.342 e. The summed E-state index contributed by atoms with van der Waals surface area (Å²) in [7, 11) is 0. The Morgan fingerprint density at radius 1 is 1.60 bits per heavy atom. The highest BCUT2D eigenvalue weighted by atomic mass is 79.9. The lowest BCUT2D eigenvalue weighted by atomic mass is 10.4. The van der Waals surface area contributed by atoms with Crippen molar-refractivity contribution in [2.45, 2.75) is 20.1 Å². The zero-order valence-electron chi connectivity index (χ0n) is 8.74. The molecule has 0 spiro atoms. The van der Waals surface area contributed by atoms with Crippen LogP contribution in [0.25, 0.3) is 4.85 Å². The van der Waals surface area contributed by atoms with Gasteiger partial charge in [0.05, 0.1) is 0 Å². The van der Waals surface area contributed by atoms with E-state index in [0.717, 1.165) is 4.47 Å². The quantitative estimate of drug-likeness (QED) is 0.831. The minimum absolute atomic E-state index is 0.193. The third kappa shape index (κ3) is 6.05. The molecule has 1 aromatic heterocycles. The summed E-state index contributed by atoms with van der Waals surface area (Å²) < 4.78 is 0.892. The summed E-state index contributed by atoms with van der Waals surface area (Å²) in [5.74, 6) is 0.644. The first-order chi connectivity index (χ1) is 7.22. The summed E-state index contributed by atoms with van der Waals surface area (Å²) in [6.07, 6.45) is 0.637. The second kappa shape index (κ2) is 8.21. The minimum atomic E-state index is -1.01. The lowest BCUT2D eigenvalue weighted by molar-refractivity contribution is 0.234. The van der Waals surface area contributed by atoms with Gasteiger partial charge in [-0.1, -0.05) is 13.8 Å². The summed E-state index contributed by atoms with van der Waals surface area (Å²) in [6, 6.07) is 3.60. The Bertz CT molecular complexity index is 307. The average Bonchev–Trinajstić information content (AvgIpc) is 2.30. The van der Waals surface area contributed by atoms with Crippen LogP contribution in [0.5, 0.6) is 0 Å². The van der Waals surface area contributed by atoms with E-state index in [-0.39, 0.29) is 6.54 Å². The van der Waals surface area contributed by atoms with Gasteiger partial charge in [-0.3, -0.25) is 4.85 Å². The van der Waals surface area contributed by atoms with Crippen molar-refractivity contribution >= 4 is 21.7 Å². The number of aliphatic hydroxyl groups is 1. The topological polar surface area (TPSA) is 49.5 Å². The molecule has 1 atom stereocenters. The van der Waals surface area contributed by atoms with E-state index in [1.54, 1.807) is 12.3 Å². The summed E-state index contributed by atoms with van der Waals surface area (Å²) in [5, 5.41) is 11.7. The number of hydrogen-bond donors (Lipinski definition) is 2. The Labute approximate surface area is 98.3 Å². The molecule has 0 aromatic carbocycles. The number of aromatic nitrogens is 1. The minimum Gasteiger partial charge on any atom is -0.360 e. The van der Waals surface area contributed by atoms with Gasteiger partial charge >= 0.3 is 6.23 Å². The van der Waals surface area contributed by atoms with Crippen molar-refractivity contribution in [1.29, 1.82) is 0 Å². The number of anilines is 1. The molecule has 4 nitrogen and oxygen atoms in total. The molecule has 82 valence electrons. The van der Waals surface area contributed by atoms with Gasteiger partial charge in [0.25, 0.3) is 0 Å². The largest absolute Gasteiger partial charge is 0.360 e. The van der Waals surface area contributed by atoms with Crippen molar-refractivity contribution in [3.05, 3.63) is 34.2 Å². The van der Waals surface area contributed by atoms with E-state index in [4.69, 9.17) is 11.7 Å². The molecule has 0 radical (unpaired) electrons. The van der Waals surface area contributed by atoms with Gasteiger partial charge in [-0.25, -0.2) is 11.6 Å². The Balaban J connectivity index is 0.000000921. The van der Waals surface area contributed by atoms with Crippen LogP contribution in [-0.2, 0) is 0 Å². The van der Waals surface area contributed by atoms with Crippen molar-refractivity contribution in [2.24, 2.45) is 0 Å². The monoisotopic (exact) mass is 271 g/mol. The molecule has 1 heterocycles. The predicted molar refractivity (Wildman–Crippen MR) is 64.4 cm³/mol. The first kappa shape index (κ1) is 13.9. The molecule has 0 bridgehead atoms. The standard InChI is InChI=1S/C8H8BrN3O.C2H6/c1-10-8(13)5-12-7-3-2-6(9)4-11-7;1-2/h2-4,8,13H,5H2,(H,11,12);1-2H3. The molecule has 0 saturated heterocycles.